The van der Waals surface area contributed by atoms with Crippen LogP contribution in [0.25, 0.3) is 22.2 Å². The quantitative estimate of drug-likeness (QED) is 0.783. The van der Waals surface area contributed by atoms with Crippen molar-refractivity contribution in [2.75, 3.05) is 19.0 Å². The van der Waals surface area contributed by atoms with E-state index in [-0.39, 0.29) is 0 Å². The summed E-state index contributed by atoms with van der Waals surface area (Å²) in [5, 5.41) is 8.26. The highest BCUT2D eigenvalue weighted by atomic mass is 15.1. The molecule has 1 N–H and O–H groups in total. The second-order valence-electron chi connectivity index (χ2n) is 4.76. The van der Waals surface area contributed by atoms with Crippen molar-refractivity contribution in [2.24, 2.45) is 0 Å². The van der Waals surface area contributed by atoms with Gasteiger partial charge in [0.15, 0.2) is 0 Å². The van der Waals surface area contributed by atoms with Crippen LogP contribution in [0.5, 0.6) is 0 Å². The second kappa shape index (κ2) is 6.35. The molecule has 0 aliphatic carbocycles. The summed E-state index contributed by atoms with van der Waals surface area (Å²) < 4.78 is 0. The van der Waals surface area contributed by atoms with Crippen molar-refractivity contribution in [1.29, 1.82) is 0 Å². The minimum Gasteiger partial charge on any atom is -0.376 e. The van der Waals surface area contributed by atoms with Gasteiger partial charge in [0, 0.05) is 36.9 Å². The lowest BCUT2D eigenvalue weighted by Crippen LogP contribution is -2.08. The van der Waals surface area contributed by atoms with Crippen LogP contribution in [0.15, 0.2) is 30.7 Å². The van der Waals surface area contributed by atoms with Gasteiger partial charge >= 0.3 is 0 Å². The largest absolute Gasteiger partial charge is 0.376 e. The molecule has 3 aromatic heterocycles. The number of aromatic nitrogens is 4. The van der Waals surface area contributed by atoms with Crippen molar-refractivity contribution >= 4 is 16.6 Å². The smallest absolute Gasteiger partial charge is 0.111 e. The zero-order valence-electron chi connectivity index (χ0n) is 13.2. The number of H-pyrrole nitrogens is 1. The lowest BCUT2D eigenvalue weighted by atomic mass is 10.1. The molecule has 5 nitrogen and oxygen atoms in total. The highest BCUT2D eigenvalue weighted by Gasteiger charge is 2.07. The Labute approximate surface area is 125 Å². The van der Waals surface area contributed by atoms with Gasteiger partial charge in [-0.1, -0.05) is 13.8 Å². The molecular formula is C16H21N5. The van der Waals surface area contributed by atoms with Gasteiger partial charge in [-0.15, -0.1) is 0 Å². The molecule has 0 atom stereocenters. The van der Waals surface area contributed by atoms with Crippen molar-refractivity contribution in [2.45, 2.75) is 20.8 Å². The molecule has 0 fully saturated rings. The molecule has 3 aromatic rings. The Bertz CT molecular complexity index is 730. The van der Waals surface area contributed by atoms with Crippen LogP contribution in [-0.2, 0) is 0 Å². The predicted octanol–water partition coefficient (Wildman–Crippen LogP) is 3.42. The summed E-state index contributed by atoms with van der Waals surface area (Å²) >= 11 is 0. The van der Waals surface area contributed by atoms with Crippen LogP contribution in [0.1, 0.15) is 19.5 Å². The van der Waals surface area contributed by atoms with Gasteiger partial charge in [-0.3, -0.25) is 15.1 Å². The topological polar surface area (TPSA) is 57.7 Å². The van der Waals surface area contributed by atoms with Crippen molar-refractivity contribution < 1.29 is 0 Å². The minimum atomic E-state index is 0.887. The van der Waals surface area contributed by atoms with Gasteiger partial charge in [0.2, 0.25) is 0 Å². The molecule has 0 saturated carbocycles. The van der Waals surface area contributed by atoms with E-state index >= 15 is 0 Å². The number of hydrogen-bond donors (Lipinski definition) is 1. The maximum atomic E-state index is 4.45. The molecule has 0 aromatic carbocycles. The Morgan fingerprint density at radius 1 is 1.05 bits per heavy atom. The Balaban J connectivity index is 0.000000774. The number of nitrogens with one attached hydrogen (secondary N) is 1. The molecule has 0 aliphatic rings. The van der Waals surface area contributed by atoms with Gasteiger partial charge < -0.3 is 4.90 Å². The highest BCUT2D eigenvalue weighted by Crippen LogP contribution is 2.24. The molecule has 5 heteroatoms. The van der Waals surface area contributed by atoms with E-state index in [1.54, 1.807) is 6.20 Å². The fourth-order valence-electron chi connectivity index (χ4n) is 2.01. The second-order valence-corrected chi connectivity index (χ2v) is 4.76. The lowest BCUT2D eigenvalue weighted by molar-refractivity contribution is 1.07. The zero-order valence-corrected chi connectivity index (χ0v) is 13.2. The van der Waals surface area contributed by atoms with Crippen LogP contribution in [0.2, 0.25) is 0 Å². The fraction of sp³-hybridized carbons (Fsp3) is 0.312. The van der Waals surface area contributed by atoms with E-state index < -0.39 is 0 Å². The van der Waals surface area contributed by atoms with Crippen molar-refractivity contribution in [3.05, 3.63) is 36.4 Å². The number of pyridine rings is 2. The molecule has 0 bridgehead atoms. The van der Waals surface area contributed by atoms with Gasteiger partial charge in [0.25, 0.3) is 0 Å². The molecular weight excluding hydrogens is 262 g/mol. The molecule has 0 radical (unpaired) electrons. The first-order valence-electron chi connectivity index (χ1n) is 7.08. The number of aryl methyl sites for hydroxylation is 1. The SMILES string of the molecule is CC.Cc1[nH]nc2cnc(-c3cncc(N(C)C)c3)cc12. The summed E-state index contributed by atoms with van der Waals surface area (Å²) in [6.45, 7) is 6.01. The summed E-state index contributed by atoms with van der Waals surface area (Å²) in [4.78, 5) is 10.7. The molecule has 0 unspecified atom stereocenters. The standard InChI is InChI=1S/C14H15N5.C2H6/c1-9-12-5-13(16-8-14(12)18-17-9)10-4-11(19(2)3)7-15-6-10;1-2/h4-8H,1-3H3,(H,17,18);1-2H3. The van der Waals surface area contributed by atoms with Crippen molar-refractivity contribution in [1.82, 2.24) is 20.2 Å². The number of rotatable bonds is 2. The first-order chi connectivity index (χ1) is 10.1. The normalized spacial score (nSPS) is 10.1. The maximum Gasteiger partial charge on any atom is 0.111 e. The summed E-state index contributed by atoms with van der Waals surface area (Å²) in [7, 11) is 4.00. The minimum absolute atomic E-state index is 0.887. The number of fused-ring (bicyclic) bond motifs is 1. The molecule has 3 heterocycles. The Hall–Kier alpha value is -2.43. The molecule has 3 rings (SSSR count). The first kappa shape index (κ1) is 15.0. The molecule has 21 heavy (non-hydrogen) atoms. The van der Waals surface area contributed by atoms with Crippen molar-refractivity contribution in [3.8, 4) is 11.3 Å². The molecule has 110 valence electrons. The highest BCUT2D eigenvalue weighted by molar-refractivity contribution is 5.84. The summed E-state index contributed by atoms with van der Waals surface area (Å²) in [6, 6.07) is 4.13. The van der Waals surface area contributed by atoms with E-state index in [0.29, 0.717) is 0 Å². The monoisotopic (exact) mass is 283 g/mol. The number of nitrogens with zero attached hydrogens (tertiary/aromatic N) is 4. The van der Waals surface area contributed by atoms with E-state index in [2.05, 4.69) is 26.2 Å². The first-order valence-corrected chi connectivity index (χ1v) is 7.08. The van der Waals surface area contributed by atoms with Crippen LogP contribution in [0.4, 0.5) is 5.69 Å². The third-order valence-electron chi connectivity index (χ3n) is 3.17. The molecule has 0 amide bonds. The van der Waals surface area contributed by atoms with Gasteiger partial charge in [0.1, 0.15) is 5.52 Å². The fourth-order valence-corrected chi connectivity index (χ4v) is 2.01. The molecule has 0 saturated heterocycles. The Morgan fingerprint density at radius 2 is 1.81 bits per heavy atom. The zero-order chi connectivity index (χ0) is 15.4. The van der Waals surface area contributed by atoms with Crippen LogP contribution in [0, 0.1) is 6.92 Å². The van der Waals surface area contributed by atoms with Gasteiger partial charge in [-0.05, 0) is 19.1 Å². The average molecular weight is 283 g/mol. The van der Waals surface area contributed by atoms with Crippen LogP contribution >= 0.6 is 0 Å². The summed E-state index contributed by atoms with van der Waals surface area (Å²) in [5.74, 6) is 0. The van der Waals surface area contributed by atoms with Crippen LogP contribution in [-0.4, -0.2) is 34.3 Å². The van der Waals surface area contributed by atoms with Crippen LogP contribution < -0.4 is 4.90 Å². The van der Waals surface area contributed by atoms with Gasteiger partial charge in [-0.25, -0.2) is 0 Å². The number of aromatic amines is 1. The van der Waals surface area contributed by atoms with E-state index in [1.807, 2.05) is 58.2 Å². The molecule has 0 aliphatic heterocycles. The maximum absolute atomic E-state index is 4.45. The Kier molecular flexibility index (Phi) is 4.52. The average Bonchev–Trinajstić information content (AvgIpc) is 2.90. The molecule has 0 spiro atoms. The third kappa shape index (κ3) is 3.02. The van der Waals surface area contributed by atoms with E-state index in [1.165, 1.54) is 0 Å². The van der Waals surface area contributed by atoms with Gasteiger partial charge in [-0.2, -0.15) is 5.10 Å². The Morgan fingerprint density at radius 3 is 2.52 bits per heavy atom. The number of anilines is 1. The third-order valence-corrected chi connectivity index (χ3v) is 3.17. The van der Waals surface area contributed by atoms with Gasteiger partial charge in [0.05, 0.1) is 23.8 Å². The number of hydrogen-bond acceptors (Lipinski definition) is 4. The van der Waals surface area contributed by atoms with E-state index in [0.717, 1.165) is 33.5 Å². The summed E-state index contributed by atoms with van der Waals surface area (Å²) in [6.07, 6.45) is 5.46. The predicted molar refractivity (Wildman–Crippen MR) is 87.5 cm³/mol. The summed E-state index contributed by atoms with van der Waals surface area (Å²) in [5.41, 5.74) is 4.92. The van der Waals surface area contributed by atoms with Crippen molar-refractivity contribution in [3.63, 3.8) is 0 Å². The van der Waals surface area contributed by atoms with Crippen LogP contribution in [0.3, 0.4) is 0 Å². The van der Waals surface area contributed by atoms with E-state index in [9.17, 15) is 0 Å². The lowest BCUT2D eigenvalue weighted by Gasteiger charge is -2.12. The van der Waals surface area contributed by atoms with E-state index in [4.69, 9.17) is 0 Å².